The van der Waals surface area contributed by atoms with Gasteiger partial charge in [0, 0.05) is 31.1 Å². The molecule has 1 aliphatic rings. The number of anilines is 1. The fourth-order valence-electron chi connectivity index (χ4n) is 2.56. The van der Waals surface area contributed by atoms with Gasteiger partial charge in [0.25, 0.3) is 5.91 Å². The normalized spacial score (nSPS) is 14.8. The van der Waals surface area contributed by atoms with E-state index < -0.39 is 5.97 Å². The molecule has 0 unspecified atom stereocenters. The molecule has 0 saturated carbocycles. The van der Waals surface area contributed by atoms with E-state index in [1.165, 1.54) is 17.4 Å². The molecule has 3 heterocycles. The van der Waals surface area contributed by atoms with Gasteiger partial charge in [0.1, 0.15) is 5.82 Å². The highest BCUT2D eigenvalue weighted by Crippen LogP contribution is 2.20. The molecule has 0 radical (unpaired) electrons. The Morgan fingerprint density at radius 3 is 2.48 bits per heavy atom. The number of piperazine rings is 1. The van der Waals surface area contributed by atoms with Crippen molar-refractivity contribution in [2.24, 2.45) is 0 Å². The van der Waals surface area contributed by atoms with Crippen molar-refractivity contribution in [3.05, 3.63) is 45.8 Å². The minimum absolute atomic E-state index is 0.0371. The maximum Gasteiger partial charge on any atom is 0.354 e. The van der Waals surface area contributed by atoms with Crippen LogP contribution in [-0.2, 0) is 0 Å². The molecule has 1 amide bonds. The number of aromatic carboxylic acids is 1. The van der Waals surface area contributed by atoms with Gasteiger partial charge in [-0.1, -0.05) is 6.07 Å². The Morgan fingerprint density at radius 1 is 1.13 bits per heavy atom. The third-order valence-corrected chi connectivity index (χ3v) is 4.78. The molecule has 3 rings (SSSR count). The van der Waals surface area contributed by atoms with Crippen molar-refractivity contribution < 1.29 is 14.7 Å². The zero-order chi connectivity index (χ0) is 16.4. The Kier molecular flexibility index (Phi) is 4.29. The van der Waals surface area contributed by atoms with Crippen molar-refractivity contribution >= 4 is 29.0 Å². The molecule has 1 saturated heterocycles. The predicted molar refractivity (Wildman–Crippen MR) is 88.4 cm³/mol. The number of rotatable bonds is 3. The number of amides is 1. The first-order valence-corrected chi connectivity index (χ1v) is 8.17. The fraction of sp³-hybridized carbons (Fsp3) is 0.312. The zero-order valence-corrected chi connectivity index (χ0v) is 13.5. The van der Waals surface area contributed by atoms with Crippen LogP contribution in [0.4, 0.5) is 5.82 Å². The van der Waals surface area contributed by atoms with Crippen molar-refractivity contribution in [2.45, 2.75) is 6.92 Å². The Morgan fingerprint density at radius 2 is 1.87 bits per heavy atom. The highest BCUT2D eigenvalue weighted by Gasteiger charge is 2.24. The second-order valence-corrected chi connectivity index (χ2v) is 6.66. The predicted octanol–water partition coefficient (Wildman–Crippen LogP) is 2.11. The van der Waals surface area contributed by atoms with E-state index in [2.05, 4.69) is 4.98 Å². The molecular formula is C16H17N3O3S. The summed E-state index contributed by atoms with van der Waals surface area (Å²) >= 11 is 1.51. The summed E-state index contributed by atoms with van der Waals surface area (Å²) < 4.78 is 0. The molecule has 0 spiro atoms. The quantitative estimate of drug-likeness (QED) is 0.932. The molecule has 120 valence electrons. The lowest BCUT2D eigenvalue weighted by Gasteiger charge is -2.35. The van der Waals surface area contributed by atoms with Gasteiger partial charge in [-0.25, -0.2) is 9.78 Å². The average Bonchev–Trinajstić information content (AvgIpc) is 3.01. The van der Waals surface area contributed by atoms with Crippen molar-refractivity contribution in [3.63, 3.8) is 0 Å². The number of hydrogen-bond acceptors (Lipinski definition) is 5. The first-order valence-electron chi connectivity index (χ1n) is 7.35. The Hall–Kier alpha value is -2.41. The molecule has 0 aromatic carbocycles. The summed E-state index contributed by atoms with van der Waals surface area (Å²) in [6, 6.07) is 8.79. The third-order valence-electron chi connectivity index (χ3n) is 3.80. The molecule has 23 heavy (non-hydrogen) atoms. The lowest BCUT2D eigenvalue weighted by molar-refractivity contribution is 0.0690. The molecule has 1 aliphatic heterocycles. The van der Waals surface area contributed by atoms with Gasteiger partial charge < -0.3 is 14.9 Å². The first-order chi connectivity index (χ1) is 11.0. The molecule has 0 aliphatic carbocycles. The average molecular weight is 331 g/mol. The minimum atomic E-state index is -1.03. The van der Waals surface area contributed by atoms with Crippen molar-refractivity contribution in [1.82, 2.24) is 9.88 Å². The third kappa shape index (κ3) is 3.34. The van der Waals surface area contributed by atoms with Crippen LogP contribution in [-0.4, -0.2) is 53.0 Å². The number of thiophene rings is 1. The van der Waals surface area contributed by atoms with Crippen LogP contribution < -0.4 is 4.90 Å². The van der Waals surface area contributed by atoms with Crippen molar-refractivity contribution in [3.8, 4) is 0 Å². The van der Waals surface area contributed by atoms with E-state index in [0.29, 0.717) is 32.0 Å². The SMILES string of the molecule is Cc1ccc(C(=O)N2CCN(c3cccc(C(=O)O)n3)CC2)s1. The molecule has 0 bridgehead atoms. The topological polar surface area (TPSA) is 73.7 Å². The summed E-state index contributed by atoms with van der Waals surface area (Å²) in [6.07, 6.45) is 0. The Labute approximate surface area is 138 Å². The fourth-order valence-corrected chi connectivity index (χ4v) is 3.40. The molecule has 6 nitrogen and oxygen atoms in total. The van der Waals surface area contributed by atoms with Crippen molar-refractivity contribution in [2.75, 3.05) is 31.1 Å². The summed E-state index contributed by atoms with van der Waals surface area (Å²) in [5.41, 5.74) is 0.0371. The van der Waals surface area contributed by atoms with Gasteiger partial charge in [-0.05, 0) is 31.2 Å². The van der Waals surface area contributed by atoms with E-state index in [4.69, 9.17) is 5.11 Å². The highest BCUT2D eigenvalue weighted by atomic mass is 32.1. The lowest BCUT2D eigenvalue weighted by Crippen LogP contribution is -2.49. The molecule has 7 heteroatoms. The van der Waals surface area contributed by atoms with E-state index in [1.54, 1.807) is 12.1 Å². The largest absolute Gasteiger partial charge is 0.477 e. The van der Waals surface area contributed by atoms with Crippen molar-refractivity contribution in [1.29, 1.82) is 0 Å². The van der Waals surface area contributed by atoms with Gasteiger partial charge in [-0.3, -0.25) is 4.79 Å². The van der Waals surface area contributed by atoms with Crippen LogP contribution in [0.3, 0.4) is 0 Å². The molecular weight excluding hydrogens is 314 g/mol. The maximum absolute atomic E-state index is 12.4. The van der Waals surface area contributed by atoms with E-state index in [-0.39, 0.29) is 11.6 Å². The number of pyridine rings is 1. The number of carboxylic acid groups (broad SMARTS) is 1. The summed E-state index contributed by atoms with van der Waals surface area (Å²) in [6.45, 7) is 4.49. The van der Waals surface area contributed by atoms with Crippen LogP contribution in [0.1, 0.15) is 25.0 Å². The van der Waals surface area contributed by atoms with Gasteiger partial charge in [0.05, 0.1) is 4.88 Å². The second-order valence-electron chi connectivity index (χ2n) is 5.38. The number of carbonyl (C=O) groups is 2. The number of aryl methyl sites for hydroxylation is 1. The first kappa shape index (κ1) is 15.5. The smallest absolute Gasteiger partial charge is 0.354 e. The van der Waals surface area contributed by atoms with E-state index >= 15 is 0 Å². The number of nitrogens with zero attached hydrogens (tertiary/aromatic N) is 3. The summed E-state index contributed by atoms with van der Waals surface area (Å²) in [4.78, 5) is 33.3. The van der Waals surface area contributed by atoms with Crippen LogP contribution >= 0.6 is 11.3 Å². The van der Waals surface area contributed by atoms with Crippen LogP contribution in [0.25, 0.3) is 0 Å². The lowest BCUT2D eigenvalue weighted by atomic mass is 10.2. The standard InChI is InChI=1S/C16H17N3O3S/c1-11-5-6-13(23-11)15(20)19-9-7-18(8-10-19)14-4-2-3-12(17-14)16(21)22/h2-6H,7-10H2,1H3,(H,21,22). The number of carbonyl (C=O) groups excluding carboxylic acids is 1. The van der Waals surface area contributed by atoms with E-state index in [0.717, 1.165) is 9.75 Å². The summed E-state index contributed by atoms with van der Waals surface area (Å²) in [5, 5.41) is 9.02. The van der Waals surface area contributed by atoms with E-state index in [1.807, 2.05) is 28.9 Å². The number of hydrogen-bond donors (Lipinski definition) is 1. The van der Waals surface area contributed by atoms with E-state index in [9.17, 15) is 9.59 Å². The Balaban J connectivity index is 1.65. The molecule has 1 N–H and O–H groups in total. The summed E-state index contributed by atoms with van der Waals surface area (Å²) in [5.74, 6) is -0.326. The number of carboxylic acids is 1. The van der Waals surface area contributed by atoms with Crippen LogP contribution in [0.5, 0.6) is 0 Å². The van der Waals surface area contributed by atoms with Gasteiger partial charge in [-0.15, -0.1) is 11.3 Å². The number of aromatic nitrogens is 1. The van der Waals surface area contributed by atoms with Gasteiger partial charge >= 0.3 is 5.97 Å². The second kappa shape index (κ2) is 6.37. The van der Waals surface area contributed by atoms with Gasteiger partial charge in [0.15, 0.2) is 5.69 Å². The summed E-state index contributed by atoms with van der Waals surface area (Å²) in [7, 11) is 0. The molecule has 0 atom stereocenters. The van der Waals surface area contributed by atoms with Crippen LogP contribution in [0.2, 0.25) is 0 Å². The Bertz CT molecular complexity index is 736. The minimum Gasteiger partial charge on any atom is -0.477 e. The maximum atomic E-state index is 12.4. The van der Waals surface area contributed by atoms with Crippen LogP contribution in [0, 0.1) is 6.92 Å². The van der Waals surface area contributed by atoms with Gasteiger partial charge in [-0.2, -0.15) is 0 Å². The zero-order valence-electron chi connectivity index (χ0n) is 12.7. The molecule has 1 fully saturated rings. The van der Waals surface area contributed by atoms with Crippen LogP contribution in [0.15, 0.2) is 30.3 Å². The monoisotopic (exact) mass is 331 g/mol. The highest BCUT2D eigenvalue weighted by molar-refractivity contribution is 7.13. The molecule has 2 aromatic heterocycles. The molecule has 2 aromatic rings. The van der Waals surface area contributed by atoms with Gasteiger partial charge in [0.2, 0.25) is 0 Å².